The van der Waals surface area contributed by atoms with Crippen LogP contribution in [0.3, 0.4) is 0 Å². The lowest BCUT2D eigenvalue weighted by Gasteiger charge is -2.07. The van der Waals surface area contributed by atoms with E-state index in [9.17, 15) is 8.42 Å². The zero-order valence-corrected chi connectivity index (χ0v) is 16.3. The van der Waals surface area contributed by atoms with Gasteiger partial charge in [-0.15, -0.1) is 0 Å². The first-order valence-electron chi connectivity index (χ1n) is 8.71. The molecule has 0 saturated heterocycles. The first-order valence-corrected chi connectivity index (χ1v) is 10.6. The van der Waals surface area contributed by atoms with Crippen molar-refractivity contribution in [3.63, 3.8) is 0 Å². The molecule has 0 unspecified atom stereocenters. The molecular formula is C19H24N4O3S. The van der Waals surface area contributed by atoms with Crippen LogP contribution < -0.4 is 14.8 Å². The van der Waals surface area contributed by atoms with Gasteiger partial charge in [-0.3, -0.25) is 0 Å². The van der Waals surface area contributed by atoms with Crippen LogP contribution in [0, 0.1) is 6.92 Å². The Labute approximate surface area is 159 Å². The van der Waals surface area contributed by atoms with E-state index < -0.39 is 10.0 Å². The summed E-state index contributed by atoms with van der Waals surface area (Å²) in [6.45, 7) is 4.06. The molecule has 0 aliphatic carbocycles. The number of rotatable bonds is 9. The fraction of sp³-hybridized carbons (Fsp3) is 0.316. The van der Waals surface area contributed by atoms with Crippen LogP contribution in [0.15, 0.2) is 48.8 Å². The predicted octanol–water partition coefficient (Wildman–Crippen LogP) is 1.86. The molecule has 0 amide bonds. The molecule has 2 N–H and O–H groups in total. The molecule has 8 heteroatoms. The van der Waals surface area contributed by atoms with E-state index in [-0.39, 0.29) is 0 Å². The third-order valence-electron chi connectivity index (χ3n) is 4.03. The van der Waals surface area contributed by atoms with Crippen molar-refractivity contribution >= 4 is 15.7 Å². The fourth-order valence-electron chi connectivity index (χ4n) is 2.69. The highest BCUT2D eigenvalue weighted by Gasteiger charge is 2.05. The van der Waals surface area contributed by atoms with Crippen LogP contribution in [-0.2, 0) is 23.2 Å². The summed E-state index contributed by atoms with van der Waals surface area (Å²) >= 11 is 0. The van der Waals surface area contributed by atoms with Gasteiger partial charge in [0.15, 0.2) is 0 Å². The molecule has 3 rings (SSSR count). The van der Waals surface area contributed by atoms with E-state index in [0.717, 1.165) is 34.5 Å². The lowest BCUT2D eigenvalue weighted by Crippen LogP contribution is -2.30. The minimum atomic E-state index is -3.13. The summed E-state index contributed by atoms with van der Waals surface area (Å²) < 4.78 is 32.2. The van der Waals surface area contributed by atoms with Crippen LogP contribution in [-0.4, -0.2) is 37.1 Å². The normalized spacial score (nSPS) is 11.8. The van der Waals surface area contributed by atoms with Crippen molar-refractivity contribution in [3.8, 4) is 5.75 Å². The van der Waals surface area contributed by atoms with E-state index in [1.165, 1.54) is 0 Å². The molecule has 27 heavy (non-hydrogen) atoms. The van der Waals surface area contributed by atoms with Gasteiger partial charge < -0.3 is 14.5 Å². The number of hydrogen-bond acceptors (Lipinski definition) is 5. The monoisotopic (exact) mass is 388 g/mol. The summed E-state index contributed by atoms with van der Waals surface area (Å²) in [4.78, 5) is 4.60. The van der Waals surface area contributed by atoms with Gasteiger partial charge in [0, 0.05) is 32.0 Å². The van der Waals surface area contributed by atoms with E-state index in [1.54, 1.807) is 0 Å². The molecule has 3 aromatic rings. The Morgan fingerprint density at radius 3 is 2.63 bits per heavy atom. The molecule has 0 radical (unpaired) electrons. The Bertz CT molecular complexity index is 997. The van der Waals surface area contributed by atoms with E-state index in [2.05, 4.69) is 15.0 Å². The molecule has 144 valence electrons. The van der Waals surface area contributed by atoms with Crippen molar-refractivity contribution in [1.29, 1.82) is 0 Å². The largest absolute Gasteiger partial charge is 0.487 e. The van der Waals surface area contributed by atoms with E-state index in [4.69, 9.17) is 4.74 Å². The second-order valence-electron chi connectivity index (χ2n) is 6.43. The quantitative estimate of drug-likeness (QED) is 0.547. The van der Waals surface area contributed by atoms with Crippen molar-refractivity contribution in [2.24, 2.45) is 0 Å². The Morgan fingerprint density at radius 2 is 1.93 bits per heavy atom. The summed E-state index contributed by atoms with van der Waals surface area (Å²) in [5, 5.41) is 3.19. The maximum absolute atomic E-state index is 11.0. The van der Waals surface area contributed by atoms with Crippen LogP contribution in [0.1, 0.15) is 16.8 Å². The van der Waals surface area contributed by atoms with Gasteiger partial charge >= 0.3 is 0 Å². The van der Waals surface area contributed by atoms with E-state index in [1.807, 2.05) is 60.1 Å². The zero-order valence-electron chi connectivity index (χ0n) is 15.5. The van der Waals surface area contributed by atoms with Gasteiger partial charge in [-0.1, -0.05) is 18.2 Å². The minimum absolute atomic E-state index is 0.374. The smallest absolute Gasteiger partial charge is 0.208 e. The lowest BCUT2D eigenvalue weighted by molar-refractivity contribution is 0.302. The van der Waals surface area contributed by atoms with E-state index in [0.29, 0.717) is 26.2 Å². The second kappa shape index (κ2) is 8.51. The maximum atomic E-state index is 11.0. The summed E-state index contributed by atoms with van der Waals surface area (Å²) in [6, 6.07) is 11.9. The molecule has 0 fully saturated rings. The van der Waals surface area contributed by atoms with Gasteiger partial charge in [0.1, 0.15) is 18.0 Å². The second-order valence-corrected chi connectivity index (χ2v) is 8.26. The highest BCUT2D eigenvalue weighted by Crippen LogP contribution is 2.15. The summed E-state index contributed by atoms with van der Waals surface area (Å²) in [6.07, 6.45) is 5.11. The van der Waals surface area contributed by atoms with Crippen LogP contribution >= 0.6 is 0 Å². The van der Waals surface area contributed by atoms with Crippen LogP contribution in [0.2, 0.25) is 0 Å². The van der Waals surface area contributed by atoms with Crippen LogP contribution in [0.5, 0.6) is 5.75 Å². The molecule has 0 saturated carbocycles. The molecule has 1 aromatic carbocycles. The standard InChI is InChI=1S/C19H24N4O3S/c1-15-4-3-11-23-13-17(22-19(15)23)14-26-18-7-5-16(6-8-18)12-20-9-10-21-27(2,24)25/h3-8,11,13,20-21H,9-10,12,14H2,1-2H3. The molecular weight excluding hydrogens is 364 g/mol. The molecule has 0 atom stereocenters. The Balaban J connectivity index is 1.46. The van der Waals surface area contributed by atoms with Crippen molar-refractivity contribution in [3.05, 3.63) is 65.6 Å². The van der Waals surface area contributed by atoms with Crippen LogP contribution in [0.4, 0.5) is 0 Å². The van der Waals surface area contributed by atoms with Crippen molar-refractivity contribution in [1.82, 2.24) is 19.4 Å². The summed E-state index contributed by atoms with van der Waals surface area (Å²) in [5.41, 5.74) is 4.06. The number of aryl methyl sites for hydroxylation is 1. The zero-order chi connectivity index (χ0) is 19.3. The predicted molar refractivity (Wildman–Crippen MR) is 105 cm³/mol. The highest BCUT2D eigenvalue weighted by molar-refractivity contribution is 7.88. The Hall–Kier alpha value is -2.42. The van der Waals surface area contributed by atoms with Crippen molar-refractivity contribution < 1.29 is 13.2 Å². The molecule has 0 spiro atoms. The number of fused-ring (bicyclic) bond motifs is 1. The average molecular weight is 388 g/mol. The van der Waals surface area contributed by atoms with Crippen molar-refractivity contribution in [2.45, 2.75) is 20.1 Å². The summed E-state index contributed by atoms with van der Waals surface area (Å²) in [7, 11) is -3.13. The number of pyridine rings is 1. The lowest BCUT2D eigenvalue weighted by atomic mass is 10.2. The fourth-order valence-corrected chi connectivity index (χ4v) is 3.17. The molecule has 0 bridgehead atoms. The van der Waals surface area contributed by atoms with E-state index >= 15 is 0 Å². The first-order chi connectivity index (χ1) is 12.9. The van der Waals surface area contributed by atoms with Gasteiger partial charge in [-0.25, -0.2) is 18.1 Å². The highest BCUT2D eigenvalue weighted by atomic mass is 32.2. The number of ether oxygens (including phenoxy) is 1. The Morgan fingerprint density at radius 1 is 1.15 bits per heavy atom. The number of aromatic nitrogens is 2. The van der Waals surface area contributed by atoms with Gasteiger partial charge in [-0.05, 0) is 36.2 Å². The first kappa shape index (κ1) is 19.3. The number of benzene rings is 1. The number of hydrogen-bond donors (Lipinski definition) is 2. The average Bonchev–Trinajstić information content (AvgIpc) is 3.04. The number of sulfonamides is 1. The number of nitrogens with one attached hydrogen (secondary N) is 2. The molecule has 7 nitrogen and oxygen atoms in total. The van der Waals surface area contributed by atoms with Gasteiger partial charge in [-0.2, -0.15) is 0 Å². The topological polar surface area (TPSA) is 84.7 Å². The maximum Gasteiger partial charge on any atom is 0.208 e. The third-order valence-corrected chi connectivity index (χ3v) is 4.76. The summed E-state index contributed by atoms with van der Waals surface area (Å²) in [5.74, 6) is 0.784. The van der Waals surface area contributed by atoms with Gasteiger partial charge in [0.05, 0.1) is 11.9 Å². The SMILES string of the molecule is Cc1cccn2cc(COc3ccc(CNCCNS(C)(=O)=O)cc3)nc12. The number of imidazole rings is 1. The number of nitrogens with zero attached hydrogens (tertiary/aromatic N) is 2. The van der Waals surface area contributed by atoms with Crippen molar-refractivity contribution in [2.75, 3.05) is 19.3 Å². The molecule has 2 aromatic heterocycles. The Kier molecular flexibility index (Phi) is 6.10. The molecule has 2 heterocycles. The molecule has 0 aliphatic heterocycles. The van der Waals surface area contributed by atoms with Gasteiger partial charge in [0.2, 0.25) is 10.0 Å². The van der Waals surface area contributed by atoms with Gasteiger partial charge in [0.25, 0.3) is 0 Å². The van der Waals surface area contributed by atoms with Crippen LogP contribution in [0.25, 0.3) is 5.65 Å². The molecule has 0 aliphatic rings. The minimum Gasteiger partial charge on any atom is -0.487 e. The third kappa shape index (κ3) is 5.78.